The first-order chi connectivity index (χ1) is 6.77. The van der Waals surface area contributed by atoms with Gasteiger partial charge in [-0.25, -0.2) is 4.98 Å². The fourth-order valence-electron chi connectivity index (χ4n) is 1.24. The Morgan fingerprint density at radius 2 is 2.36 bits per heavy atom. The van der Waals surface area contributed by atoms with E-state index in [2.05, 4.69) is 20.4 Å². The Morgan fingerprint density at radius 3 is 2.93 bits per heavy atom. The lowest BCUT2D eigenvalue weighted by molar-refractivity contribution is 0.740. The minimum Gasteiger partial charge on any atom is -0.377 e. The summed E-state index contributed by atoms with van der Waals surface area (Å²) < 4.78 is 1.84. The van der Waals surface area contributed by atoms with Crippen LogP contribution in [0.4, 0.5) is 5.69 Å². The molecule has 0 aliphatic carbocycles. The minimum atomic E-state index is 0.743. The molecule has 2 rings (SSSR count). The topological polar surface area (TPSA) is 58.5 Å². The van der Waals surface area contributed by atoms with Crippen molar-refractivity contribution in [2.75, 3.05) is 5.32 Å². The Balaban J connectivity index is 2.02. The second-order valence-electron chi connectivity index (χ2n) is 3.20. The normalized spacial score (nSPS) is 10.4. The van der Waals surface area contributed by atoms with Crippen LogP contribution in [0.25, 0.3) is 0 Å². The highest BCUT2D eigenvalue weighted by atomic mass is 15.3. The third kappa shape index (κ3) is 1.61. The maximum absolute atomic E-state index is 4.14. The van der Waals surface area contributed by atoms with Crippen molar-refractivity contribution in [3.8, 4) is 0 Å². The van der Waals surface area contributed by atoms with Crippen LogP contribution < -0.4 is 5.32 Å². The fourth-order valence-corrected chi connectivity index (χ4v) is 1.24. The van der Waals surface area contributed by atoms with Gasteiger partial charge in [0.05, 0.1) is 36.1 Å². The number of H-pyrrole nitrogens is 1. The number of aromatic nitrogens is 4. The molecule has 74 valence electrons. The molecule has 2 aromatic rings. The van der Waals surface area contributed by atoms with Gasteiger partial charge in [-0.1, -0.05) is 0 Å². The maximum Gasteiger partial charge on any atom is 0.0922 e. The summed E-state index contributed by atoms with van der Waals surface area (Å²) in [5.41, 5.74) is 3.25. The number of aryl methyl sites for hydroxylation is 1. The van der Waals surface area contributed by atoms with Crippen LogP contribution in [0.3, 0.4) is 0 Å². The molecule has 0 fully saturated rings. The number of nitrogens with one attached hydrogen (secondary N) is 2. The summed E-state index contributed by atoms with van der Waals surface area (Å²) in [5, 5.41) is 7.43. The van der Waals surface area contributed by atoms with E-state index in [4.69, 9.17) is 0 Å². The van der Waals surface area contributed by atoms with Crippen molar-refractivity contribution >= 4 is 5.69 Å². The number of rotatable bonds is 3. The van der Waals surface area contributed by atoms with Crippen molar-refractivity contribution in [2.24, 2.45) is 7.05 Å². The molecule has 5 heteroatoms. The van der Waals surface area contributed by atoms with E-state index >= 15 is 0 Å². The van der Waals surface area contributed by atoms with E-state index < -0.39 is 0 Å². The van der Waals surface area contributed by atoms with Crippen molar-refractivity contribution in [2.45, 2.75) is 13.5 Å². The smallest absolute Gasteiger partial charge is 0.0922 e. The van der Waals surface area contributed by atoms with Gasteiger partial charge in [-0.15, -0.1) is 0 Å². The molecule has 0 saturated carbocycles. The molecule has 0 atom stereocenters. The molecule has 2 N–H and O–H groups in total. The molecular weight excluding hydrogens is 178 g/mol. The third-order valence-electron chi connectivity index (χ3n) is 2.26. The van der Waals surface area contributed by atoms with Gasteiger partial charge in [-0.2, -0.15) is 5.10 Å². The molecule has 0 unspecified atom stereocenters. The van der Waals surface area contributed by atoms with Gasteiger partial charge < -0.3 is 10.3 Å². The van der Waals surface area contributed by atoms with Crippen molar-refractivity contribution < 1.29 is 0 Å². The number of anilines is 1. The molecule has 2 heterocycles. The Bertz CT molecular complexity index is 401. The van der Waals surface area contributed by atoms with Gasteiger partial charge in [-0.05, 0) is 6.92 Å². The summed E-state index contributed by atoms with van der Waals surface area (Å²) in [7, 11) is 1.93. The average Bonchev–Trinajstić information content (AvgIpc) is 2.77. The van der Waals surface area contributed by atoms with Gasteiger partial charge in [0.15, 0.2) is 0 Å². The van der Waals surface area contributed by atoms with Crippen molar-refractivity contribution in [3.05, 3.63) is 30.1 Å². The second kappa shape index (κ2) is 3.53. The summed E-state index contributed by atoms with van der Waals surface area (Å²) in [6, 6.07) is 0. The van der Waals surface area contributed by atoms with Gasteiger partial charge in [0, 0.05) is 13.2 Å². The first-order valence-electron chi connectivity index (χ1n) is 4.47. The van der Waals surface area contributed by atoms with Crippen LogP contribution in [0.5, 0.6) is 0 Å². The zero-order valence-corrected chi connectivity index (χ0v) is 8.28. The molecule has 5 nitrogen and oxygen atoms in total. The molecule has 0 aromatic carbocycles. The summed E-state index contributed by atoms with van der Waals surface area (Å²) in [6.07, 6.45) is 5.30. The SMILES string of the molecule is Cc1c(NCc2cnc[nH]2)cnn1C. The monoisotopic (exact) mass is 191 g/mol. The Hall–Kier alpha value is -1.78. The minimum absolute atomic E-state index is 0.743. The van der Waals surface area contributed by atoms with E-state index in [1.165, 1.54) is 0 Å². The molecule has 0 spiro atoms. The van der Waals surface area contributed by atoms with Gasteiger partial charge in [0.25, 0.3) is 0 Å². The largest absolute Gasteiger partial charge is 0.377 e. The number of imidazole rings is 1. The van der Waals surface area contributed by atoms with Gasteiger partial charge in [-0.3, -0.25) is 4.68 Å². The van der Waals surface area contributed by atoms with Gasteiger partial charge in [0.2, 0.25) is 0 Å². The predicted octanol–water partition coefficient (Wildman–Crippen LogP) is 1.06. The average molecular weight is 191 g/mol. The van der Waals surface area contributed by atoms with Crippen LogP contribution in [0.1, 0.15) is 11.4 Å². The van der Waals surface area contributed by atoms with Crippen LogP contribution in [0, 0.1) is 6.92 Å². The summed E-state index contributed by atoms with van der Waals surface area (Å²) in [5.74, 6) is 0. The molecule has 0 saturated heterocycles. The predicted molar refractivity (Wildman–Crippen MR) is 53.9 cm³/mol. The molecule has 0 amide bonds. The van der Waals surface area contributed by atoms with E-state index in [1.807, 2.05) is 24.9 Å². The van der Waals surface area contributed by atoms with Crippen molar-refractivity contribution in [1.82, 2.24) is 19.7 Å². The van der Waals surface area contributed by atoms with Crippen LogP contribution in [-0.2, 0) is 13.6 Å². The van der Waals surface area contributed by atoms with Crippen LogP contribution >= 0.6 is 0 Å². The first-order valence-corrected chi connectivity index (χ1v) is 4.47. The van der Waals surface area contributed by atoms with E-state index in [-0.39, 0.29) is 0 Å². The quantitative estimate of drug-likeness (QED) is 0.762. The zero-order valence-electron chi connectivity index (χ0n) is 8.28. The van der Waals surface area contributed by atoms with Crippen LogP contribution in [-0.4, -0.2) is 19.7 Å². The van der Waals surface area contributed by atoms with Crippen LogP contribution in [0.15, 0.2) is 18.7 Å². The lowest BCUT2D eigenvalue weighted by Crippen LogP contribution is -2.01. The lowest BCUT2D eigenvalue weighted by Gasteiger charge is -2.03. The highest BCUT2D eigenvalue weighted by Gasteiger charge is 2.02. The molecule has 0 aliphatic rings. The molecular formula is C9H13N5. The van der Waals surface area contributed by atoms with Crippen molar-refractivity contribution in [3.63, 3.8) is 0 Å². The van der Waals surface area contributed by atoms with Gasteiger partial charge >= 0.3 is 0 Å². The fraction of sp³-hybridized carbons (Fsp3) is 0.333. The second-order valence-corrected chi connectivity index (χ2v) is 3.20. The molecule has 2 aromatic heterocycles. The summed E-state index contributed by atoms with van der Waals surface area (Å²) in [6.45, 7) is 2.77. The summed E-state index contributed by atoms with van der Waals surface area (Å²) in [4.78, 5) is 6.98. The number of hydrogen-bond acceptors (Lipinski definition) is 3. The highest BCUT2D eigenvalue weighted by Crippen LogP contribution is 2.12. The standard InChI is InChI=1S/C9H13N5/c1-7-9(5-13-14(7)2)11-4-8-3-10-6-12-8/h3,5-6,11H,4H2,1-2H3,(H,10,12). The number of hydrogen-bond donors (Lipinski definition) is 2. The summed E-state index contributed by atoms with van der Waals surface area (Å²) >= 11 is 0. The highest BCUT2D eigenvalue weighted by molar-refractivity contribution is 5.45. The Labute approximate surface area is 82.2 Å². The number of aromatic amines is 1. The van der Waals surface area contributed by atoms with Crippen molar-refractivity contribution in [1.29, 1.82) is 0 Å². The molecule has 14 heavy (non-hydrogen) atoms. The van der Waals surface area contributed by atoms with E-state index in [0.29, 0.717) is 0 Å². The van der Waals surface area contributed by atoms with E-state index in [1.54, 1.807) is 12.5 Å². The molecule has 0 aliphatic heterocycles. The van der Waals surface area contributed by atoms with Gasteiger partial charge in [0.1, 0.15) is 0 Å². The Morgan fingerprint density at radius 1 is 1.50 bits per heavy atom. The number of nitrogens with zero attached hydrogens (tertiary/aromatic N) is 3. The van der Waals surface area contributed by atoms with Crippen LogP contribution in [0.2, 0.25) is 0 Å². The third-order valence-corrected chi connectivity index (χ3v) is 2.26. The lowest BCUT2D eigenvalue weighted by atomic mass is 10.4. The Kier molecular flexibility index (Phi) is 2.22. The van der Waals surface area contributed by atoms with E-state index in [0.717, 1.165) is 23.6 Å². The zero-order chi connectivity index (χ0) is 9.97. The molecule has 0 bridgehead atoms. The molecule has 0 radical (unpaired) electrons. The van der Waals surface area contributed by atoms with E-state index in [9.17, 15) is 0 Å². The maximum atomic E-state index is 4.14. The first kappa shape index (κ1) is 8.80.